The number of benzene rings is 1. The summed E-state index contributed by atoms with van der Waals surface area (Å²) in [7, 11) is 0. The molecule has 4 aromatic rings. The zero-order chi connectivity index (χ0) is 17.7. The van der Waals surface area contributed by atoms with Gasteiger partial charge in [0.15, 0.2) is 10.8 Å². The zero-order valence-electron chi connectivity index (χ0n) is 13.8. The van der Waals surface area contributed by atoms with E-state index in [2.05, 4.69) is 29.1 Å². The predicted molar refractivity (Wildman–Crippen MR) is 100 cm³/mol. The van der Waals surface area contributed by atoms with E-state index in [1.54, 1.807) is 22.7 Å². The SMILES string of the molecule is CCn1nc(C)c(-c2nn3c(-c4cc(Cl)cc(Cl)c4)nnc3s2)c1C. The van der Waals surface area contributed by atoms with E-state index < -0.39 is 0 Å². The summed E-state index contributed by atoms with van der Waals surface area (Å²) in [6, 6.07) is 5.28. The number of halogens is 2. The molecule has 0 aliphatic carbocycles. The Labute approximate surface area is 158 Å². The summed E-state index contributed by atoms with van der Waals surface area (Å²) in [6.45, 7) is 6.94. The first kappa shape index (κ1) is 16.5. The molecule has 0 unspecified atom stereocenters. The molecule has 3 aromatic heterocycles. The van der Waals surface area contributed by atoms with Gasteiger partial charge in [-0.15, -0.1) is 10.2 Å². The zero-order valence-corrected chi connectivity index (χ0v) is 16.1. The Hall–Kier alpha value is -1.96. The first-order valence-corrected chi connectivity index (χ1v) is 9.28. The van der Waals surface area contributed by atoms with Crippen LogP contribution >= 0.6 is 34.5 Å². The second kappa shape index (κ2) is 6.09. The van der Waals surface area contributed by atoms with E-state index in [9.17, 15) is 0 Å². The van der Waals surface area contributed by atoms with Crippen molar-refractivity contribution in [1.29, 1.82) is 0 Å². The van der Waals surface area contributed by atoms with Crippen molar-refractivity contribution in [3.8, 4) is 22.0 Å². The van der Waals surface area contributed by atoms with E-state index >= 15 is 0 Å². The fourth-order valence-electron chi connectivity index (χ4n) is 2.90. The molecular formula is C16H14Cl2N6S. The summed E-state index contributed by atoms with van der Waals surface area (Å²) < 4.78 is 3.70. The van der Waals surface area contributed by atoms with Gasteiger partial charge < -0.3 is 0 Å². The summed E-state index contributed by atoms with van der Waals surface area (Å²) >= 11 is 13.7. The van der Waals surface area contributed by atoms with Gasteiger partial charge in [-0.05, 0) is 39.0 Å². The molecule has 0 aliphatic heterocycles. The summed E-state index contributed by atoms with van der Waals surface area (Å²) in [5.41, 5.74) is 3.88. The molecule has 0 radical (unpaired) electrons. The van der Waals surface area contributed by atoms with Gasteiger partial charge in [0.25, 0.3) is 0 Å². The molecule has 0 saturated heterocycles. The third-order valence-electron chi connectivity index (χ3n) is 4.01. The van der Waals surface area contributed by atoms with Crippen LogP contribution in [-0.4, -0.2) is 29.6 Å². The molecule has 0 saturated carbocycles. The maximum atomic E-state index is 6.11. The van der Waals surface area contributed by atoms with Crippen LogP contribution in [0.15, 0.2) is 18.2 Å². The topological polar surface area (TPSA) is 60.9 Å². The van der Waals surface area contributed by atoms with E-state index in [0.717, 1.165) is 34.1 Å². The average molecular weight is 393 g/mol. The number of fused-ring (bicyclic) bond motifs is 1. The monoisotopic (exact) mass is 392 g/mol. The van der Waals surface area contributed by atoms with Crippen LogP contribution in [0.2, 0.25) is 10.0 Å². The van der Waals surface area contributed by atoms with Crippen molar-refractivity contribution in [2.45, 2.75) is 27.3 Å². The minimum atomic E-state index is 0.547. The lowest BCUT2D eigenvalue weighted by atomic mass is 10.2. The molecule has 0 aliphatic rings. The summed E-state index contributed by atoms with van der Waals surface area (Å²) in [5, 5.41) is 19.7. The van der Waals surface area contributed by atoms with Crippen LogP contribution in [0.4, 0.5) is 0 Å². The molecule has 0 amide bonds. The maximum Gasteiger partial charge on any atom is 0.235 e. The van der Waals surface area contributed by atoms with E-state index in [1.165, 1.54) is 11.3 Å². The number of nitrogens with zero attached hydrogens (tertiary/aromatic N) is 6. The number of hydrogen-bond donors (Lipinski definition) is 0. The Morgan fingerprint density at radius 3 is 2.40 bits per heavy atom. The highest BCUT2D eigenvalue weighted by Crippen LogP contribution is 2.33. The Morgan fingerprint density at radius 1 is 1.04 bits per heavy atom. The quantitative estimate of drug-likeness (QED) is 0.508. The van der Waals surface area contributed by atoms with Gasteiger partial charge in [0.2, 0.25) is 4.96 Å². The smallest absolute Gasteiger partial charge is 0.235 e. The minimum absolute atomic E-state index is 0.547. The van der Waals surface area contributed by atoms with Gasteiger partial charge in [0.1, 0.15) is 0 Å². The molecule has 4 rings (SSSR count). The van der Waals surface area contributed by atoms with E-state index in [-0.39, 0.29) is 0 Å². The molecule has 1 aromatic carbocycles. The lowest BCUT2D eigenvalue weighted by Gasteiger charge is -2.00. The van der Waals surface area contributed by atoms with E-state index in [4.69, 9.17) is 28.3 Å². The van der Waals surface area contributed by atoms with Gasteiger partial charge in [-0.1, -0.05) is 34.5 Å². The summed E-state index contributed by atoms with van der Waals surface area (Å²) in [4.78, 5) is 0.712. The van der Waals surface area contributed by atoms with Gasteiger partial charge in [-0.2, -0.15) is 14.7 Å². The van der Waals surface area contributed by atoms with Crippen molar-refractivity contribution in [2.75, 3.05) is 0 Å². The molecule has 128 valence electrons. The third kappa shape index (κ3) is 2.72. The van der Waals surface area contributed by atoms with Gasteiger partial charge in [0.05, 0.1) is 11.3 Å². The highest BCUT2D eigenvalue weighted by Gasteiger charge is 2.20. The summed E-state index contributed by atoms with van der Waals surface area (Å²) in [6.07, 6.45) is 0. The number of aromatic nitrogens is 6. The van der Waals surface area contributed by atoms with Gasteiger partial charge >= 0.3 is 0 Å². The molecule has 6 nitrogen and oxygen atoms in total. The van der Waals surface area contributed by atoms with E-state index in [0.29, 0.717) is 20.8 Å². The van der Waals surface area contributed by atoms with Gasteiger partial charge in [-0.3, -0.25) is 4.68 Å². The molecule has 9 heteroatoms. The number of rotatable bonds is 3. The maximum absolute atomic E-state index is 6.11. The van der Waals surface area contributed by atoms with Gasteiger partial charge in [0, 0.05) is 27.8 Å². The van der Waals surface area contributed by atoms with Crippen LogP contribution < -0.4 is 0 Å². The standard InChI is InChI=1S/C16H14Cl2N6S/c1-4-23-9(3)13(8(2)21-23)15-22-24-14(19-20-16(24)25-15)10-5-11(17)7-12(18)6-10/h5-7H,4H2,1-3H3. The second-order valence-corrected chi connectivity index (χ2v) is 7.47. The van der Waals surface area contributed by atoms with Crippen LogP contribution in [0, 0.1) is 13.8 Å². The molecule has 3 heterocycles. The van der Waals surface area contributed by atoms with Crippen LogP contribution in [-0.2, 0) is 6.54 Å². The highest BCUT2D eigenvalue weighted by atomic mass is 35.5. The lowest BCUT2D eigenvalue weighted by molar-refractivity contribution is 0.634. The molecule has 0 spiro atoms. The van der Waals surface area contributed by atoms with Crippen LogP contribution in [0.25, 0.3) is 26.9 Å². The second-order valence-electron chi connectivity index (χ2n) is 5.64. The Morgan fingerprint density at radius 2 is 1.76 bits per heavy atom. The lowest BCUT2D eigenvalue weighted by Crippen LogP contribution is -1.98. The van der Waals surface area contributed by atoms with Crippen molar-refractivity contribution in [3.05, 3.63) is 39.6 Å². The van der Waals surface area contributed by atoms with Gasteiger partial charge in [-0.25, -0.2) is 0 Å². The average Bonchev–Trinajstić information content (AvgIpc) is 3.18. The first-order valence-electron chi connectivity index (χ1n) is 7.71. The van der Waals surface area contributed by atoms with Crippen LogP contribution in [0.5, 0.6) is 0 Å². The largest absolute Gasteiger partial charge is 0.269 e. The molecular weight excluding hydrogens is 379 g/mol. The fourth-order valence-corrected chi connectivity index (χ4v) is 4.41. The predicted octanol–water partition coefficient (Wildman–Crippen LogP) is 4.66. The van der Waals surface area contributed by atoms with Crippen LogP contribution in [0.1, 0.15) is 18.3 Å². The Bertz CT molecular complexity index is 1070. The van der Waals surface area contributed by atoms with E-state index in [1.807, 2.05) is 11.6 Å². The highest BCUT2D eigenvalue weighted by molar-refractivity contribution is 7.19. The van der Waals surface area contributed by atoms with Crippen molar-refractivity contribution in [3.63, 3.8) is 0 Å². The Kier molecular flexibility index (Phi) is 4.02. The van der Waals surface area contributed by atoms with Crippen molar-refractivity contribution < 1.29 is 0 Å². The Balaban J connectivity index is 1.88. The third-order valence-corrected chi connectivity index (χ3v) is 5.36. The fraction of sp³-hybridized carbons (Fsp3) is 0.250. The molecule has 0 fully saturated rings. The van der Waals surface area contributed by atoms with Crippen molar-refractivity contribution >= 4 is 39.5 Å². The summed E-state index contributed by atoms with van der Waals surface area (Å²) in [5.74, 6) is 0.611. The van der Waals surface area contributed by atoms with Crippen LogP contribution in [0.3, 0.4) is 0 Å². The van der Waals surface area contributed by atoms with Crippen molar-refractivity contribution in [2.24, 2.45) is 0 Å². The molecule has 25 heavy (non-hydrogen) atoms. The minimum Gasteiger partial charge on any atom is -0.269 e. The normalized spacial score (nSPS) is 11.6. The van der Waals surface area contributed by atoms with Crippen molar-refractivity contribution in [1.82, 2.24) is 29.6 Å². The first-order chi connectivity index (χ1) is 12.0. The molecule has 0 atom stereocenters. The number of hydrogen-bond acceptors (Lipinski definition) is 5. The molecule has 0 bridgehead atoms. The number of aryl methyl sites for hydroxylation is 2. The molecule has 0 N–H and O–H groups in total.